The lowest BCUT2D eigenvalue weighted by molar-refractivity contribution is -0.205. The van der Waals surface area contributed by atoms with Gasteiger partial charge in [-0.25, -0.2) is 0 Å². The zero-order valence-corrected chi connectivity index (χ0v) is 25.6. The normalized spacial score (nSPS) is 33.9. The van der Waals surface area contributed by atoms with Gasteiger partial charge in [-0.3, -0.25) is 24.0 Å². The van der Waals surface area contributed by atoms with E-state index in [1.54, 1.807) is 20.8 Å². The van der Waals surface area contributed by atoms with Crippen LogP contribution in [0.15, 0.2) is 18.7 Å². The largest absolute Gasteiger partial charge is 0.507 e. The Hall–Kier alpha value is -2.93. The van der Waals surface area contributed by atoms with Crippen LogP contribution in [0.4, 0.5) is 0 Å². The van der Waals surface area contributed by atoms with E-state index in [0.717, 1.165) is 18.9 Å². The van der Waals surface area contributed by atoms with Gasteiger partial charge >= 0.3 is 0 Å². The van der Waals surface area contributed by atoms with Crippen molar-refractivity contribution < 1.29 is 34.2 Å². The third-order valence-electron chi connectivity index (χ3n) is 10.3. The highest BCUT2D eigenvalue weighted by Gasteiger charge is 2.76. The molecular formula is C34H44O7. The number of rotatable bonds is 7. The number of ketones is 5. The van der Waals surface area contributed by atoms with E-state index < -0.39 is 63.1 Å². The summed E-state index contributed by atoms with van der Waals surface area (Å²) >= 11 is 0. The van der Waals surface area contributed by atoms with Gasteiger partial charge in [0.1, 0.15) is 17.5 Å². The molecular weight excluding hydrogens is 520 g/mol. The molecule has 0 amide bonds. The Balaban J connectivity index is 1.97. The number of carbonyl (C=O) groups excluding carboxylic acids is 5. The molecule has 0 saturated heterocycles. The van der Waals surface area contributed by atoms with Crippen LogP contribution < -0.4 is 0 Å². The number of Topliss-reactive ketones (excluding diaryl/α,β-unsaturated/α-hetero) is 5. The molecule has 0 spiro atoms. The molecule has 2 fully saturated rings. The lowest BCUT2D eigenvalue weighted by Crippen LogP contribution is -2.76. The van der Waals surface area contributed by atoms with E-state index in [4.69, 9.17) is 0 Å². The van der Waals surface area contributed by atoms with Crippen LogP contribution in [0.3, 0.4) is 0 Å². The van der Waals surface area contributed by atoms with Gasteiger partial charge in [0.15, 0.2) is 28.7 Å². The Kier molecular flexibility index (Phi) is 7.65. The molecule has 1 aromatic rings. The van der Waals surface area contributed by atoms with Gasteiger partial charge in [0, 0.05) is 11.3 Å². The number of carbonyl (C=O) groups is 5. The second-order valence-electron chi connectivity index (χ2n) is 14.1. The molecule has 2 N–H and O–H groups in total. The first-order valence-electron chi connectivity index (χ1n) is 14.8. The van der Waals surface area contributed by atoms with E-state index in [-0.39, 0.29) is 41.9 Å². The third-order valence-corrected chi connectivity index (χ3v) is 10.3. The highest BCUT2D eigenvalue weighted by molar-refractivity contribution is 6.32. The molecule has 0 radical (unpaired) electrons. The minimum atomic E-state index is -2.68. The molecule has 2 saturated carbocycles. The number of allylic oxidation sites excluding steroid dienone is 1. The standard InChI is InChI=1S/C34H44O7/c1-10-11-18(6)12-20-13-21(16(2)3)22-14-32(8)15-33(9)25(17(4)5)28(37)23(19(7)35)30(39)34(33,41)31(40)26(32)29(38)24(22)27(20)36/h10,13,16-18,23,25-26,36,41H,1,11-12,14-15H2,2-9H3/t18?,23?,25?,26?,32-,33-,34+/m1/s1. The van der Waals surface area contributed by atoms with Crippen molar-refractivity contribution in [2.24, 2.45) is 40.4 Å². The smallest absolute Gasteiger partial charge is 0.190 e. The van der Waals surface area contributed by atoms with Crippen LogP contribution in [0.2, 0.25) is 0 Å². The second-order valence-corrected chi connectivity index (χ2v) is 14.1. The fourth-order valence-corrected chi connectivity index (χ4v) is 8.70. The number of hydrogen-bond acceptors (Lipinski definition) is 7. The van der Waals surface area contributed by atoms with Gasteiger partial charge in [-0.1, -0.05) is 60.6 Å². The lowest BCUT2D eigenvalue weighted by Gasteiger charge is -2.62. The van der Waals surface area contributed by atoms with Gasteiger partial charge in [0.2, 0.25) is 0 Å². The monoisotopic (exact) mass is 564 g/mol. The van der Waals surface area contributed by atoms with Crippen LogP contribution >= 0.6 is 0 Å². The fourth-order valence-electron chi connectivity index (χ4n) is 8.70. The Labute approximate surface area is 242 Å². The van der Waals surface area contributed by atoms with E-state index in [1.165, 1.54) is 0 Å². The highest BCUT2D eigenvalue weighted by Crippen LogP contribution is 2.64. The van der Waals surface area contributed by atoms with Crippen molar-refractivity contribution in [3.8, 4) is 5.75 Å². The summed E-state index contributed by atoms with van der Waals surface area (Å²) in [7, 11) is 0. The molecule has 3 aliphatic carbocycles. The van der Waals surface area contributed by atoms with E-state index in [2.05, 4.69) is 6.58 Å². The predicted molar refractivity (Wildman–Crippen MR) is 155 cm³/mol. The highest BCUT2D eigenvalue weighted by atomic mass is 16.3. The Morgan fingerprint density at radius 3 is 2.22 bits per heavy atom. The SMILES string of the molecule is C=CCC(C)Cc1cc(C(C)C)c2c(c1O)C(=O)C1C(=O)[C@@]3(O)C(=O)C(C(C)=O)C(=O)C(C(C)C)[C@@]3(C)C[C@@]1(C)C2. The number of fused-ring (bicyclic) bond motifs is 3. The zero-order valence-electron chi connectivity index (χ0n) is 25.6. The summed E-state index contributed by atoms with van der Waals surface area (Å²) in [6.07, 6.45) is 3.36. The van der Waals surface area contributed by atoms with Crippen LogP contribution in [0, 0.1) is 40.4 Å². The molecule has 222 valence electrons. The van der Waals surface area contributed by atoms with Crippen LogP contribution in [0.25, 0.3) is 0 Å². The first-order valence-corrected chi connectivity index (χ1v) is 14.8. The molecule has 1 aromatic carbocycles. The number of phenolic OH excluding ortho intramolecular Hbond substituents is 1. The molecule has 0 heterocycles. The number of benzene rings is 1. The van der Waals surface area contributed by atoms with Crippen LogP contribution in [0.1, 0.15) is 101 Å². The van der Waals surface area contributed by atoms with Crippen LogP contribution in [-0.2, 0) is 32.0 Å². The van der Waals surface area contributed by atoms with Crippen molar-refractivity contribution in [3.63, 3.8) is 0 Å². The number of aromatic hydroxyl groups is 1. The van der Waals surface area contributed by atoms with E-state index in [0.29, 0.717) is 17.5 Å². The minimum Gasteiger partial charge on any atom is -0.507 e. The average Bonchev–Trinajstić information content (AvgIpc) is 2.82. The third kappa shape index (κ3) is 4.21. The second kappa shape index (κ2) is 10.1. The van der Waals surface area contributed by atoms with Crippen LogP contribution in [0.5, 0.6) is 5.75 Å². The molecule has 0 bridgehead atoms. The van der Waals surface area contributed by atoms with Crippen molar-refractivity contribution in [2.45, 2.75) is 92.6 Å². The maximum atomic E-state index is 14.5. The maximum Gasteiger partial charge on any atom is 0.190 e. The molecule has 0 aliphatic heterocycles. The van der Waals surface area contributed by atoms with Crippen LogP contribution in [-0.4, -0.2) is 44.7 Å². The molecule has 7 atom stereocenters. The molecule has 0 aromatic heterocycles. The summed E-state index contributed by atoms with van der Waals surface area (Å²) in [5.74, 6) is -8.44. The van der Waals surface area contributed by atoms with Gasteiger partial charge in [0.25, 0.3) is 0 Å². The Morgan fingerprint density at radius 2 is 1.71 bits per heavy atom. The average molecular weight is 565 g/mol. The van der Waals surface area contributed by atoms with Crippen molar-refractivity contribution in [1.29, 1.82) is 0 Å². The van der Waals surface area contributed by atoms with Gasteiger partial charge in [-0.05, 0) is 72.5 Å². The minimum absolute atomic E-state index is 0.0233. The number of hydrogen-bond donors (Lipinski definition) is 2. The molecule has 7 nitrogen and oxygen atoms in total. The Bertz CT molecular complexity index is 1370. The van der Waals surface area contributed by atoms with Gasteiger partial charge in [0.05, 0.1) is 11.5 Å². The van der Waals surface area contributed by atoms with Gasteiger partial charge in [-0.15, -0.1) is 6.58 Å². The molecule has 7 heteroatoms. The Morgan fingerprint density at radius 1 is 1.10 bits per heavy atom. The topological polar surface area (TPSA) is 126 Å². The summed E-state index contributed by atoms with van der Waals surface area (Å²) < 4.78 is 0. The molecule has 4 rings (SSSR count). The van der Waals surface area contributed by atoms with E-state index in [9.17, 15) is 34.2 Å². The zero-order chi connectivity index (χ0) is 31.0. The first-order chi connectivity index (χ1) is 18.9. The quantitative estimate of drug-likeness (QED) is 0.354. The predicted octanol–water partition coefficient (Wildman–Crippen LogP) is 4.97. The summed E-state index contributed by atoms with van der Waals surface area (Å²) in [5.41, 5.74) is -2.92. The molecule has 3 aliphatic rings. The first kappa shape index (κ1) is 31.0. The van der Waals surface area contributed by atoms with Crippen molar-refractivity contribution in [2.75, 3.05) is 0 Å². The van der Waals surface area contributed by atoms with E-state index >= 15 is 0 Å². The van der Waals surface area contributed by atoms with Crippen molar-refractivity contribution in [3.05, 3.63) is 41.0 Å². The van der Waals surface area contributed by atoms with Gasteiger partial charge in [-0.2, -0.15) is 0 Å². The summed E-state index contributed by atoms with van der Waals surface area (Å²) in [4.78, 5) is 68.9. The fraction of sp³-hybridized carbons (Fsp3) is 0.618. The summed E-state index contributed by atoms with van der Waals surface area (Å²) in [5, 5.41) is 23.7. The lowest BCUT2D eigenvalue weighted by atomic mass is 9.39. The molecule has 4 unspecified atom stereocenters. The number of phenols is 1. The summed E-state index contributed by atoms with van der Waals surface area (Å²) in [6, 6.07) is 1.96. The molecule has 41 heavy (non-hydrogen) atoms. The summed E-state index contributed by atoms with van der Waals surface area (Å²) in [6.45, 7) is 17.9. The van der Waals surface area contributed by atoms with Crippen molar-refractivity contribution >= 4 is 28.9 Å². The van der Waals surface area contributed by atoms with Crippen molar-refractivity contribution in [1.82, 2.24) is 0 Å². The number of aliphatic hydroxyl groups is 1. The van der Waals surface area contributed by atoms with E-state index in [1.807, 2.05) is 39.8 Å². The van der Waals surface area contributed by atoms with Gasteiger partial charge < -0.3 is 10.2 Å². The maximum absolute atomic E-state index is 14.5.